The number of nitrogens with zero attached hydrogens (tertiary/aromatic N) is 2. The summed E-state index contributed by atoms with van der Waals surface area (Å²) in [5, 5.41) is 5.34. The minimum absolute atomic E-state index is 0.0495. The van der Waals surface area contributed by atoms with Gasteiger partial charge in [-0.2, -0.15) is 0 Å². The summed E-state index contributed by atoms with van der Waals surface area (Å²) in [6, 6.07) is 23.8. The second-order valence-electron chi connectivity index (χ2n) is 8.49. The Hall–Kier alpha value is -2.63. The topological polar surface area (TPSA) is 35.6 Å². The van der Waals surface area contributed by atoms with Gasteiger partial charge in [0.25, 0.3) is 0 Å². The van der Waals surface area contributed by atoms with Crippen LogP contribution in [0.5, 0.6) is 0 Å². The molecule has 2 aliphatic rings. The van der Waals surface area contributed by atoms with Gasteiger partial charge in [-0.25, -0.2) is 4.79 Å². The third kappa shape index (κ3) is 4.39. The third-order valence-corrected chi connectivity index (χ3v) is 7.42. The summed E-state index contributed by atoms with van der Waals surface area (Å²) in [5.41, 5.74) is 3.79. The molecule has 0 spiro atoms. The number of likely N-dealkylation sites (tertiary alicyclic amines) is 1. The van der Waals surface area contributed by atoms with Crippen molar-refractivity contribution in [3.8, 4) is 0 Å². The fourth-order valence-corrected chi connectivity index (χ4v) is 5.77. The lowest BCUT2D eigenvalue weighted by atomic mass is 9.89. The molecular formula is C26H29N3OS. The fourth-order valence-electron chi connectivity index (χ4n) is 5.02. The maximum Gasteiger partial charge on any atom is 0.318 e. The van der Waals surface area contributed by atoms with E-state index in [9.17, 15) is 4.79 Å². The summed E-state index contributed by atoms with van der Waals surface area (Å²) in [4.78, 5) is 19.5. The SMILES string of the molecule is O=C1NCCc2ccccc2C(c2ccccc2)N1C1CCN(Cc2cccs2)CC1. The van der Waals surface area contributed by atoms with Gasteiger partial charge < -0.3 is 10.2 Å². The van der Waals surface area contributed by atoms with Gasteiger partial charge in [-0.05, 0) is 47.4 Å². The van der Waals surface area contributed by atoms with Gasteiger partial charge in [-0.1, -0.05) is 60.7 Å². The average molecular weight is 432 g/mol. The van der Waals surface area contributed by atoms with E-state index in [0.29, 0.717) is 6.54 Å². The molecule has 4 nitrogen and oxygen atoms in total. The first kappa shape index (κ1) is 20.3. The molecule has 3 heterocycles. The zero-order chi connectivity index (χ0) is 21.0. The number of hydrogen-bond acceptors (Lipinski definition) is 3. The van der Waals surface area contributed by atoms with Crippen LogP contribution in [0.1, 0.15) is 40.5 Å². The number of fused-ring (bicyclic) bond motifs is 1. The van der Waals surface area contributed by atoms with Crippen molar-refractivity contribution in [1.82, 2.24) is 15.1 Å². The van der Waals surface area contributed by atoms with Crippen molar-refractivity contribution < 1.29 is 4.79 Å². The molecule has 2 amide bonds. The van der Waals surface area contributed by atoms with Crippen LogP contribution in [-0.4, -0.2) is 41.5 Å². The lowest BCUT2D eigenvalue weighted by Gasteiger charge is -2.44. The van der Waals surface area contributed by atoms with Crippen LogP contribution in [0.4, 0.5) is 4.79 Å². The standard InChI is InChI=1S/C26H29N3OS/c30-26-27-15-12-20-7-4-5-11-24(20)25(21-8-2-1-3-9-21)29(26)22-13-16-28(17-14-22)19-23-10-6-18-31-23/h1-11,18,22,25H,12-17,19H2,(H,27,30). The summed E-state index contributed by atoms with van der Waals surface area (Å²) >= 11 is 1.82. The quantitative estimate of drug-likeness (QED) is 0.626. The van der Waals surface area contributed by atoms with Crippen molar-refractivity contribution in [2.45, 2.75) is 37.9 Å². The Kier molecular flexibility index (Phi) is 6.05. The number of carbonyl (C=O) groups is 1. The normalized spacial score (nSPS) is 20.6. The van der Waals surface area contributed by atoms with Crippen LogP contribution >= 0.6 is 11.3 Å². The number of benzene rings is 2. The minimum Gasteiger partial charge on any atom is -0.338 e. The molecule has 5 heteroatoms. The zero-order valence-corrected chi connectivity index (χ0v) is 18.6. The van der Waals surface area contributed by atoms with Crippen LogP contribution in [0.25, 0.3) is 0 Å². The van der Waals surface area contributed by atoms with Gasteiger partial charge in [0.05, 0.1) is 6.04 Å². The summed E-state index contributed by atoms with van der Waals surface area (Å²) < 4.78 is 0. The third-order valence-electron chi connectivity index (χ3n) is 6.56. The van der Waals surface area contributed by atoms with Crippen LogP contribution < -0.4 is 5.32 Å². The van der Waals surface area contributed by atoms with Crippen LogP contribution in [0.3, 0.4) is 0 Å². The van der Waals surface area contributed by atoms with E-state index < -0.39 is 0 Å². The summed E-state index contributed by atoms with van der Waals surface area (Å²) in [6.45, 7) is 3.75. The number of piperidine rings is 1. The molecule has 3 aromatic rings. The molecule has 31 heavy (non-hydrogen) atoms. The summed E-state index contributed by atoms with van der Waals surface area (Å²) in [7, 11) is 0. The highest BCUT2D eigenvalue weighted by Crippen LogP contribution is 2.36. The Bertz CT molecular complexity index is 997. The van der Waals surface area contributed by atoms with Gasteiger partial charge in [0.1, 0.15) is 0 Å². The maximum absolute atomic E-state index is 13.4. The van der Waals surface area contributed by atoms with Gasteiger partial charge >= 0.3 is 6.03 Å². The number of urea groups is 1. The molecule has 1 atom stereocenters. The second kappa shape index (κ2) is 9.25. The van der Waals surface area contributed by atoms with E-state index >= 15 is 0 Å². The lowest BCUT2D eigenvalue weighted by molar-refractivity contribution is 0.100. The van der Waals surface area contributed by atoms with Crippen molar-refractivity contribution in [3.63, 3.8) is 0 Å². The van der Waals surface area contributed by atoms with Crippen molar-refractivity contribution >= 4 is 17.4 Å². The molecule has 1 unspecified atom stereocenters. The van der Waals surface area contributed by atoms with E-state index in [1.165, 1.54) is 21.6 Å². The highest BCUT2D eigenvalue weighted by atomic mass is 32.1. The molecule has 0 aliphatic carbocycles. The Balaban J connectivity index is 1.44. The fraction of sp³-hybridized carbons (Fsp3) is 0.346. The highest BCUT2D eigenvalue weighted by molar-refractivity contribution is 7.09. The smallest absolute Gasteiger partial charge is 0.318 e. The van der Waals surface area contributed by atoms with Gasteiger partial charge in [-0.15, -0.1) is 11.3 Å². The van der Waals surface area contributed by atoms with E-state index in [1.807, 2.05) is 17.4 Å². The Labute approximate surface area is 188 Å². The highest BCUT2D eigenvalue weighted by Gasteiger charge is 2.36. The molecular weight excluding hydrogens is 402 g/mol. The van der Waals surface area contributed by atoms with Crippen molar-refractivity contribution in [2.24, 2.45) is 0 Å². The largest absolute Gasteiger partial charge is 0.338 e. The van der Waals surface area contributed by atoms with E-state index in [1.54, 1.807) is 0 Å². The molecule has 5 rings (SSSR count). The molecule has 0 bridgehead atoms. The monoisotopic (exact) mass is 431 g/mol. The molecule has 1 aromatic heterocycles. The van der Waals surface area contributed by atoms with Gasteiger partial charge in [0.2, 0.25) is 0 Å². The number of amides is 2. The van der Waals surface area contributed by atoms with Crippen LogP contribution in [-0.2, 0) is 13.0 Å². The van der Waals surface area contributed by atoms with E-state index in [4.69, 9.17) is 0 Å². The number of rotatable bonds is 4. The zero-order valence-electron chi connectivity index (χ0n) is 17.7. The van der Waals surface area contributed by atoms with Crippen LogP contribution in [0.15, 0.2) is 72.1 Å². The first-order valence-electron chi connectivity index (χ1n) is 11.2. The number of carbonyl (C=O) groups excluding carboxylic acids is 1. The molecule has 1 fully saturated rings. The van der Waals surface area contributed by atoms with Gasteiger partial charge in [0, 0.05) is 37.1 Å². The Morgan fingerprint density at radius 1 is 0.935 bits per heavy atom. The van der Waals surface area contributed by atoms with Crippen LogP contribution in [0.2, 0.25) is 0 Å². The van der Waals surface area contributed by atoms with Crippen LogP contribution in [0, 0.1) is 0 Å². The van der Waals surface area contributed by atoms with Crippen molar-refractivity contribution in [1.29, 1.82) is 0 Å². The van der Waals surface area contributed by atoms with E-state index in [2.05, 4.69) is 81.2 Å². The number of thiophene rings is 1. The summed E-state index contributed by atoms with van der Waals surface area (Å²) in [6.07, 6.45) is 2.88. The molecule has 1 saturated heterocycles. The maximum atomic E-state index is 13.4. The average Bonchev–Trinajstić information content (AvgIpc) is 3.31. The van der Waals surface area contributed by atoms with Gasteiger partial charge in [-0.3, -0.25) is 4.90 Å². The predicted octanol–water partition coefficient (Wildman–Crippen LogP) is 5.07. The molecule has 2 aliphatic heterocycles. The Morgan fingerprint density at radius 3 is 2.48 bits per heavy atom. The first-order valence-corrected chi connectivity index (χ1v) is 12.1. The Morgan fingerprint density at radius 2 is 1.71 bits per heavy atom. The second-order valence-corrected chi connectivity index (χ2v) is 9.52. The molecule has 2 aromatic carbocycles. The van der Waals surface area contributed by atoms with Crippen molar-refractivity contribution in [2.75, 3.05) is 19.6 Å². The molecule has 160 valence electrons. The van der Waals surface area contributed by atoms with Crippen molar-refractivity contribution in [3.05, 3.63) is 93.7 Å². The minimum atomic E-state index is -0.0495. The molecule has 0 saturated carbocycles. The number of nitrogens with one attached hydrogen (secondary N) is 1. The molecule has 1 N–H and O–H groups in total. The van der Waals surface area contributed by atoms with E-state index in [-0.39, 0.29) is 18.1 Å². The lowest BCUT2D eigenvalue weighted by Crippen LogP contribution is -2.53. The predicted molar refractivity (Wildman–Crippen MR) is 126 cm³/mol. The number of hydrogen-bond donors (Lipinski definition) is 1. The van der Waals surface area contributed by atoms with Gasteiger partial charge in [0.15, 0.2) is 0 Å². The summed E-state index contributed by atoms with van der Waals surface area (Å²) in [5.74, 6) is 0. The molecule has 0 radical (unpaired) electrons. The van der Waals surface area contributed by atoms with E-state index in [0.717, 1.165) is 38.9 Å². The first-order chi connectivity index (χ1) is 15.3.